The van der Waals surface area contributed by atoms with Crippen molar-refractivity contribution in [3.8, 4) is 5.69 Å². The van der Waals surface area contributed by atoms with E-state index < -0.39 is 5.76 Å². The number of rotatable bonds is 7. The van der Waals surface area contributed by atoms with Crippen molar-refractivity contribution < 1.29 is 13.6 Å². The molecule has 0 unspecified atom stereocenters. The van der Waals surface area contributed by atoms with E-state index >= 15 is 0 Å². The lowest BCUT2D eigenvalue weighted by atomic mass is 10.2. The van der Waals surface area contributed by atoms with E-state index in [9.17, 15) is 13.6 Å². The number of aromatic nitrogens is 3. The van der Waals surface area contributed by atoms with Gasteiger partial charge < -0.3 is 5.32 Å². The number of hydrogen-bond donors (Lipinski definition) is 1. The van der Waals surface area contributed by atoms with Crippen molar-refractivity contribution in [1.82, 2.24) is 14.8 Å². The van der Waals surface area contributed by atoms with Crippen molar-refractivity contribution >= 4 is 35.1 Å². The Morgan fingerprint density at radius 2 is 1.75 bits per heavy atom. The molecule has 3 rings (SSSR count). The van der Waals surface area contributed by atoms with Gasteiger partial charge in [-0.1, -0.05) is 41.2 Å². The Labute approximate surface area is 169 Å². The number of benzene rings is 2. The van der Waals surface area contributed by atoms with Gasteiger partial charge in [0, 0.05) is 16.3 Å². The second-order valence-electron chi connectivity index (χ2n) is 5.94. The van der Waals surface area contributed by atoms with Gasteiger partial charge in [-0.25, -0.2) is 0 Å². The van der Waals surface area contributed by atoms with E-state index in [4.69, 9.17) is 0 Å². The number of nitrogens with one attached hydrogen (secondary N) is 1. The Balaban J connectivity index is 1.61. The molecule has 28 heavy (non-hydrogen) atoms. The minimum atomic E-state index is -2.47. The molecule has 0 aliphatic rings. The van der Waals surface area contributed by atoms with E-state index in [0.29, 0.717) is 27.5 Å². The minimum absolute atomic E-state index is 0.150. The van der Waals surface area contributed by atoms with Crippen LogP contribution in [0.15, 0.2) is 58.6 Å². The maximum Gasteiger partial charge on any atom is 0.288 e. The van der Waals surface area contributed by atoms with Gasteiger partial charge in [0.15, 0.2) is 5.16 Å². The SMILES string of the molecule is Cc1ccc(-n2c(C)nnc2SCC(=O)Nc2ccc(SC(F)F)cc2)cc1. The van der Waals surface area contributed by atoms with Crippen LogP contribution < -0.4 is 5.32 Å². The van der Waals surface area contributed by atoms with Crippen LogP contribution in [0.25, 0.3) is 5.69 Å². The zero-order chi connectivity index (χ0) is 20.1. The zero-order valence-electron chi connectivity index (χ0n) is 15.2. The average Bonchev–Trinajstić information content (AvgIpc) is 3.02. The van der Waals surface area contributed by atoms with E-state index in [-0.39, 0.29) is 11.7 Å². The smallest absolute Gasteiger partial charge is 0.288 e. The van der Waals surface area contributed by atoms with Gasteiger partial charge in [-0.15, -0.1) is 10.2 Å². The van der Waals surface area contributed by atoms with Crippen LogP contribution in [0.4, 0.5) is 14.5 Å². The zero-order valence-corrected chi connectivity index (χ0v) is 16.9. The summed E-state index contributed by atoms with van der Waals surface area (Å²) in [6.07, 6.45) is 0. The van der Waals surface area contributed by atoms with Gasteiger partial charge in [0.1, 0.15) is 5.82 Å². The molecule has 1 heterocycles. The Bertz CT molecular complexity index is 944. The van der Waals surface area contributed by atoms with E-state index in [1.165, 1.54) is 11.8 Å². The molecule has 146 valence electrons. The maximum atomic E-state index is 12.3. The van der Waals surface area contributed by atoms with Crippen LogP contribution in [-0.4, -0.2) is 32.2 Å². The van der Waals surface area contributed by atoms with Crippen molar-refractivity contribution in [3.63, 3.8) is 0 Å². The second kappa shape index (κ2) is 9.20. The predicted octanol–water partition coefficient (Wildman–Crippen LogP) is 4.93. The summed E-state index contributed by atoms with van der Waals surface area (Å²) in [5.74, 6) is -1.79. The molecule has 0 atom stereocenters. The third kappa shape index (κ3) is 5.32. The van der Waals surface area contributed by atoms with Crippen molar-refractivity contribution in [2.75, 3.05) is 11.1 Å². The third-order valence-electron chi connectivity index (χ3n) is 3.78. The van der Waals surface area contributed by atoms with Crippen LogP contribution in [0.5, 0.6) is 0 Å². The van der Waals surface area contributed by atoms with Gasteiger partial charge >= 0.3 is 0 Å². The van der Waals surface area contributed by atoms with Crippen LogP contribution in [0.1, 0.15) is 11.4 Å². The number of amides is 1. The van der Waals surface area contributed by atoms with Gasteiger partial charge in [0.2, 0.25) is 5.91 Å². The summed E-state index contributed by atoms with van der Waals surface area (Å²) in [5, 5.41) is 11.6. The number of hydrogen-bond acceptors (Lipinski definition) is 5. The number of thioether (sulfide) groups is 2. The van der Waals surface area contributed by atoms with Crippen LogP contribution >= 0.6 is 23.5 Å². The fraction of sp³-hybridized carbons (Fsp3) is 0.211. The molecule has 0 saturated heterocycles. The molecule has 3 aromatic rings. The van der Waals surface area contributed by atoms with Crippen LogP contribution in [0.3, 0.4) is 0 Å². The van der Waals surface area contributed by atoms with E-state index in [2.05, 4.69) is 15.5 Å². The Morgan fingerprint density at radius 1 is 1.07 bits per heavy atom. The Hall–Kier alpha value is -2.39. The van der Waals surface area contributed by atoms with E-state index in [1.807, 2.05) is 42.7 Å². The van der Waals surface area contributed by atoms with Gasteiger partial charge in [0.05, 0.1) is 5.75 Å². The number of nitrogens with zero attached hydrogens (tertiary/aromatic N) is 3. The Morgan fingerprint density at radius 3 is 2.39 bits per heavy atom. The first kappa shape index (κ1) is 20.3. The van der Waals surface area contributed by atoms with Crippen molar-refractivity contribution in [2.45, 2.75) is 29.7 Å². The van der Waals surface area contributed by atoms with Crippen LogP contribution in [-0.2, 0) is 4.79 Å². The molecule has 0 aliphatic carbocycles. The highest BCUT2D eigenvalue weighted by molar-refractivity contribution is 8.00. The maximum absolute atomic E-state index is 12.3. The van der Waals surface area contributed by atoms with Crippen molar-refractivity contribution in [3.05, 3.63) is 59.9 Å². The number of halogens is 2. The summed E-state index contributed by atoms with van der Waals surface area (Å²) in [4.78, 5) is 12.7. The molecular formula is C19H18F2N4OS2. The summed E-state index contributed by atoms with van der Waals surface area (Å²) < 4.78 is 26.6. The first-order chi connectivity index (χ1) is 13.4. The number of aryl methyl sites for hydroxylation is 2. The highest BCUT2D eigenvalue weighted by Crippen LogP contribution is 2.26. The third-order valence-corrected chi connectivity index (χ3v) is 5.43. The fourth-order valence-electron chi connectivity index (χ4n) is 2.47. The standard InChI is InChI=1S/C19H18F2N4OS2/c1-12-3-7-15(8-4-12)25-13(2)23-24-19(25)27-11-17(26)22-14-5-9-16(10-6-14)28-18(20)21/h3-10,18H,11H2,1-2H3,(H,22,26). The summed E-state index contributed by atoms with van der Waals surface area (Å²) in [7, 11) is 0. The van der Waals surface area contributed by atoms with Crippen molar-refractivity contribution in [1.29, 1.82) is 0 Å². The molecule has 0 spiro atoms. The Kier molecular flexibility index (Phi) is 6.69. The first-order valence-corrected chi connectivity index (χ1v) is 10.3. The molecule has 0 saturated carbocycles. The topological polar surface area (TPSA) is 59.8 Å². The summed E-state index contributed by atoms with van der Waals surface area (Å²) in [6.45, 7) is 3.87. The molecule has 0 radical (unpaired) electrons. The summed E-state index contributed by atoms with van der Waals surface area (Å²) in [5.41, 5.74) is 2.64. The van der Waals surface area contributed by atoms with E-state index in [1.54, 1.807) is 24.3 Å². The molecule has 1 N–H and O–H groups in total. The average molecular weight is 421 g/mol. The number of carbonyl (C=O) groups is 1. The number of alkyl halides is 2. The molecule has 1 amide bonds. The highest BCUT2D eigenvalue weighted by atomic mass is 32.2. The molecule has 2 aromatic carbocycles. The molecule has 0 bridgehead atoms. The molecule has 0 fully saturated rings. The van der Waals surface area contributed by atoms with E-state index in [0.717, 1.165) is 17.1 Å². The normalized spacial score (nSPS) is 11.0. The molecule has 0 aliphatic heterocycles. The quantitative estimate of drug-likeness (QED) is 0.549. The van der Waals surface area contributed by atoms with Gasteiger partial charge in [-0.05, 0) is 50.2 Å². The highest BCUT2D eigenvalue weighted by Gasteiger charge is 2.13. The van der Waals surface area contributed by atoms with Gasteiger partial charge in [-0.3, -0.25) is 9.36 Å². The van der Waals surface area contributed by atoms with Gasteiger partial charge in [-0.2, -0.15) is 8.78 Å². The first-order valence-electron chi connectivity index (χ1n) is 8.39. The fourth-order valence-corrected chi connectivity index (χ4v) is 3.77. The van der Waals surface area contributed by atoms with Crippen LogP contribution in [0, 0.1) is 13.8 Å². The lowest BCUT2D eigenvalue weighted by Gasteiger charge is -2.09. The molecule has 9 heteroatoms. The molecule has 5 nitrogen and oxygen atoms in total. The molecular weight excluding hydrogens is 402 g/mol. The number of carbonyl (C=O) groups excluding carboxylic acids is 1. The summed E-state index contributed by atoms with van der Waals surface area (Å²) >= 11 is 1.75. The van der Waals surface area contributed by atoms with Gasteiger partial charge in [0.25, 0.3) is 5.76 Å². The summed E-state index contributed by atoms with van der Waals surface area (Å²) in [6, 6.07) is 14.3. The number of anilines is 1. The minimum Gasteiger partial charge on any atom is -0.325 e. The largest absolute Gasteiger partial charge is 0.325 e. The van der Waals surface area contributed by atoms with Crippen molar-refractivity contribution in [2.24, 2.45) is 0 Å². The monoisotopic (exact) mass is 420 g/mol. The lowest BCUT2D eigenvalue weighted by Crippen LogP contribution is -2.14. The predicted molar refractivity (Wildman–Crippen MR) is 108 cm³/mol. The second-order valence-corrected chi connectivity index (χ2v) is 7.95. The molecule has 1 aromatic heterocycles. The van der Waals surface area contributed by atoms with Crippen LogP contribution in [0.2, 0.25) is 0 Å². The lowest BCUT2D eigenvalue weighted by molar-refractivity contribution is -0.113.